The lowest BCUT2D eigenvalue weighted by Gasteiger charge is -2.53. The van der Waals surface area contributed by atoms with Gasteiger partial charge < -0.3 is 10.5 Å². The maximum Gasteiger partial charge on any atom is 0.0901 e. The van der Waals surface area contributed by atoms with Crippen LogP contribution in [-0.4, -0.2) is 18.2 Å². The summed E-state index contributed by atoms with van der Waals surface area (Å²) in [7, 11) is 0. The van der Waals surface area contributed by atoms with E-state index in [0.717, 1.165) is 6.61 Å². The van der Waals surface area contributed by atoms with Gasteiger partial charge in [0.2, 0.25) is 0 Å². The smallest absolute Gasteiger partial charge is 0.0901 e. The topological polar surface area (TPSA) is 35.2 Å². The highest BCUT2D eigenvalue weighted by atomic mass is 16.5. The minimum absolute atomic E-state index is 0.0417. The molecule has 1 aliphatic heterocycles. The van der Waals surface area contributed by atoms with Crippen LogP contribution in [0.25, 0.3) is 0 Å². The molecular formula is C9H19NO. The second-order valence-corrected chi connectivity index (χ2v) is 4.08. The molecule has 0 aliphatic carbocycles. The Hall–Kier alpha value is -0.0800. The zero-order valence-corrected chi connectivity index (χ0v) is 7.92. The molecular weight excluding hydrogens is 138 g/mol. The van der Waals surface area contributed by atoms with E-state index in [1.54, 1.807) is 0 Å². The lowest BCUT2D eigenvalue weighted by Crippen LogP contribution is -2.68. The molecule has 0 bridgehead atoms. The molecule has 0 spiro atoms. The predicted octanol–water partition coefficient (Wildman–Crippen LogP) is 1.39. The second kappa shape index (κ2) is 2.76. The molecule has 0 aromatic rings. The van der Waals surface area contributed by atoms with E-state index in [1.807, 2.05) is 0 Å². The lowest BCUT2D eigenvalue weighted by molar-refractivity contribution is -0.216. The fraction of sp³-hybridized carbons (Fsp3) is 1.00. The lowest BCUT2D eigenvalue weighted by atomic mass is 9.72. The predicted molar refractivity (Wildman–Crippen MR) is 46.3 cm³/mol. The number of nitrogens with two attached hydrogens (primary N) is 1. The molecule has 0 aromatic carbocycles. The van der Waals surface area contributed by atoms with Crippen molar-refractivity contribution in [3.05, 3.63) is 0 Å². The van der Waals surface area contributed by atoms with Gasteiger partial charge in [0.05, 0.1) is 18.2 Å². The Morgan fingerprint density at radius 2 is 1.73 bits per heavy atom. The molecule has 1 atom stereocenters. The first-order valence-electron chi connectivity index (χ1n) is 4.41. The standard InChI is InChI=1S/C9H19NO/c1-6(2)9(7(3)4)8(10)5-11-9/h6-8H,5,10H2,1-4H3. The average Bonchev–Trinajstić information content (AvgIpc) is 1.83. The van der Waals surface area contributed by atoms with E-state index in [0.29, 0.717) is 11.8 Å². The molecule has 2 heteroatoms. The van der Waals surface area contributed by atoms with Crippen LogP contribution in [0, 0.1) is 11.8 Å². The van der Waals surface area contributed by atoms with Gasteiger partial charge in [-0.25, -0.2) is 0 Å². The first kappa shape index (κ1) is 9.01. The third-order valence-electron chi connectivity index (χ3n) is 2.90. The molecule has 2 nitrogen and oxygen atoms in total. The maximum atomic E-state index is 5.93. The van der Waals surface area contributed by atoms with Crippen LogP contribution in [-0.2, 0) is 4.74 Å². The van der Waals surface area contributed by atoms with Crippen molar-refractivity contribution in [2.45, 2.75) is 39.3 Å². The van der Waals surface area contributed by atoms with Crippen molar-refractivity contribution in [3.8, 4) is 0 Å². The van der Waals surface area contributed by atoms with Crippen LogP contribution in [0.2, 0.25) is 0 Å². The van der Waals surface area contributed by atoms with Gasteiger partial charge in [-0.05, 0) is 11.8 Å². The molecule has 66 valence electrons. The van der Waals surface area contributed by atoms with Crippen LogP contribution in [0.15, 0.2) is 0 Å². The van der Waals surface area contributed by atoms with E-state index in [2.05, 4.69) is 27.7 Å². The van der Waals surface area contributed by atoms with Crippen molar-refractivity contribution >= 4 is 0 Å². The summed E-state index contributed by atoms with van der Waals surface area (Å²) in [6.45, 7) is 9.45. The second-order valence-electron chi connectivity index (χ2n) is 4.08. The monoisotopic (exact) mass is 157 g/mol. The quantitative estimate of drug-likeness (QED) is 0.657. The van der Waals surface area contributed by atoms with Gasteiger partial charge in [0.25, 0.3) is 0 Å². The van der Waals surface area contributed by atoms with Crippen molar-refractivity contribution in [1.82, 2.24) is 0 Å². The third-order valence-corrected chi connectivity index (χ3v) is 2.90. The van der Waals surface area contributed by atoms with Crippen LogP contribution in [0.5, 0.6) is 0 Å². The van der Waals surface area contributed by atoms with E-state index in [1.165, 1.54) is 0 Å². The Morgan fingerprint density at radius 3 is 1.73 bits per heavy atom. The summed E-state index contributed by atoms with van der Waals surface area (Å²) in [5.74, 6) is 1.04. The summed E-state index contributed by atoms with van der Waals surface area (Å²) in [4.78, 5) is 0. The van der Waals surface area contributed by atoms with Gasteiger partial charge in [0.1, 0.15) is 0 Å². The van der Waals surface area contributed by atoms with Crippen molar-refractivity contribution in [1.29, 1.82) is 0 Å². The zero-order valence-electron chi connectivity index (χ0n) is 7.92. The largest absolute Gasteiger partial charge is 0.371 e. The summed E-state index contributed by atoms with van der Waals surface area (Å²) in [5, 5.41) is 0. The third kappa shape index (κ3) is 1.09. The first-order chi connectivity index (χ1) is 5.01. The summed E-state index contributed by atoms with van der Waals surface area (Å²) < 4.78 is 5.63. The summed E-state index contributed by atoms with van der Waals surface area (Å²) >= 11 is 0. The van der Waals surface area contributed by atoms with E-state index in [9.17, 15) is 0 Å². The van der Waals surface area contributed by atoms with Crippen LogP contribution in [0.3, 0.4) is 0 Å². The first-order valence-corrected chi connectivity index (χ1v) is 4.41. The summed E-state index contributed by atoms with van der Waals surface area (Å²) in [5.41, 5.74) is 5.89. The molecule has 0 amide bonds. The van der Waals surface area contributed by atoms with Gasteiger partial charge in [-0.15, -0.1) is 0 Å². The minimum Gasteiger partial charge on any atom is -0.371 e. The van der Waals surface area contributed by atoms with Gasteiger partial charge in [-0.2, -0.15) is 0 Å². The molecule has 1 unspecified atom stereocenters. The van der Waals surface area contributed by atoms with Gasteiger partial charge in [0.15, 0.2) is 0 Å². The fourth-order valence-electron chi connectivity index (χ4n) is 2.23. The molecule has 0 radical (unpaired) electrons. The summed E-state index contributed by atoms with van der Waals surface area (Å²) in [6, 6.07) is 0.238. The number of rotatable bonds is 2. The number of hydrogen-bond acceptors (Lipinski definition) is 2. The van der Waals surface area contributed by atoms with Crippen LogP contribution < -0.4 is 5.73 Å². The van der Waals surface area contributed by atoms with Crippen molar-refractivity contribution in [2.24, 2.45) is 17.6 Å². The van der Waals surface area contributed by atoms with Crippen molar-refractivity contribution < 1.29 is 4.74 Å². The van der Waals surface area contributed by atoms with Crippen LogP contribution in [0.4, 0.5) is 0 Å². The van der Waals surface area contributed by atoms with Crippen molar-refractivity contribution in [2.75, 3.05) is 6.61 Å². The Balaban J connectivity index is 2.73. The minimum atomic E-state index is -0.0417. The highest BCUT2D eigenvalue weighted by Gasteiger charge is 2.50. The van der Waals surface area contributed by atoms with Gasteiger partial charge in [0, 0.05) is 0 Å². The molecule has 1 saturated heterocycles. The van der Waals surface area contributed by atoms with E-state index in [-0.39, 0.29) is 11.6 Å². The molecule has 1 rings (SSSR count). The Morgan fingerprint density at radius 1 is 1.27 bits per heavy atom. The molecule has 1 heterocycles. The average molecular weight is 157 g/mol. The highest BCUT2D eigenvalue weighted by Crippen LogP contribution is 2.39. The number of ether oxygens (including phenoxy) is 1. The van der Waals surface area contributed by atoms with Gasteiger partial charge in [-0.3, -0.25) is 0 Å². The molecule has 11 heavy (non-hydrogen) atoms. The Labute approximate surface area is 69.1 Å². The highest BCUT2D eigenvalue weighted by molar-refractivity contribution is 5.03. The van der Waals surface area contributed by atoms with E-state index in [4.69, 9.17) is 10.5 Å². The van der Waals surface area contributed by atoms with Crippen LogP contribution >= 0.6 is 0 Å². The molecule has 0 saturated carbocycles. The van der Waals surface area contributed by atoms with E-state index < -0.39 is 0 Å². The van der Waals surface area contributed by atoms with Crippen molar-refractivity contribution in [3.63, 3.8) is 0 Å². The zero-order chi connectivity index (χ0) is 8.65. The molecule has 2 N–H and O–H groups in total. The molecule has 0 aromatic heterocycles. The number of hydrogen-bond donors (Lipinski definition) is 1. The summed E-state index contributed by atoms with van der Waals surface area (Å²) in [6.07, 6.45) is 0. The maximum absolute atomic E-state index is 5.93. The SMILES string of the molecule is CC(C)C1(C(C)C)OCC1N. The normalized spacial score (nSPS) is 29.2. The fourth-order valence-corrected chi connectivity index (χ4v) is 2.23. The molecule has 1 fully saturated rings. The van der Waals surface area contributed by atoms with E-state index >= 15 is 0 Å². The Bertz CT molecular complexity index is 125. The van der Waals surface area contributed by atoms with Gasteiger partial charge >= 0.3 is 0 Å². The van der Waals surface area contributed by atoms with Gasteiger partial charge in [-0.1, -0.05) is 27.7 Å². The molecule has 1 aliphatic rings. The Kier molecular flexibility index (Phi) is 2.26. The van der Waals surface area contributed by atoms with Crippen LogP contribution in [0.1, 0.15) is 27.7 Å².